The maximum atomic E-state index is 12.6. The van der Waals surface area contributed by atoms with E-state index in [0.717, 1.165) is 21.6 Å². The standard InChI is InChI=1S/C17H16N4OS/c1-10-9-13(12-7-2-3-8-14(12)18-10)15(22)19-17-21-20-16(23-17)11-5-4-6-11/h2-3,7-9,11H,4-6H2,1H3,(H,19,21,22). The third-order valence-corrected chi connectivity index (χ3v) is 5.21. The Labute approximate surface area is 137 Å². The molecule has 1 aliphatic rings. The summed E-state index contributed by atoms with van der Waals surface area (Å²) in [4.78, 5) is 17.1. The lowest BCUT2D eigenvalue weighted by Gasteiger charge is -2.21. The first kappa shape index (κ1) is 14.3. The fraction of sp³-hybridized carbons (Fsp3) is 0.294. The summed E-state index contributed by atoms with van der Waals surface area (Å²) in [6.07, 6.45) is 3.61. The number of hydrogen-bond acceptors (Lipinski definition) is 5. The third-order valence-electron chi connectivity index (χ3n) is 4.20. The highest BCUT2D eigenvalue weighted by atomic mass is 32.1. The van der Waals surface area contributed by atoms with Crippen molar-refractivity contribution in [1.29, 1.82) is 0 Å². The molecular formula is C17H16N4OS. The molecule has 0 saturated heterocycles. The van der Waals surface area contributed by atoms with Gasteiger partial charge >= 0.3 is 0 Å². The average Bonchev–Trinajstić information content (AvgIpc) is 2.92. The molecule has 6 heteroatoms. The molecule has 0 radical (unpaired) electrons. The molecule has 1 aliphatic carbocycles. The van der Waals surface area contributed by atoms with Gasteiger partial charge in [-0.25, -0.2) is 0 Å². The van der Waals surface area contributed by atoms with Crippen LogP contribution in [0.5, 0.6) is 0 Å². The van der Waals surface area contributed by atoms with Gasteiger partial charge in [-0.05, 0) is 31.9 Å². The van der Waals surface area contributed by atoms with Crippen LogP contribution in [0.3, 0.4) is 0 Å². The molecule has 5 nitrogen and oxygen atoms in total. The largest absolute Gasteiger partial charge is 0.296 e. The minimum Gasteiger partial charge on any atom is -0.296 e. The number of hydrogen-bond donors (Lipinski definition) is 1. The summed E-state index contributed by atoms with van der Waals surface area (Å²) in [6.45, 7) is 1.89. The van der Waals surface area contributed by atoms with Crippen molar-refractivity contribution in [2.75, 3.05) is 5.32 Å². The number of fused-ring (bicyclic) bond motifs is 1. The molecule has 23 heavy (non-hydrogen) atoms. The highest BCUT2D eigenvalue weighted by Crippen LogP contribution is 2.38. The van der Waals surface area contributed by atoms with Crippen molar-refractivity contribution in [3.8, 4) is 0 Å². The van der Waals surface area contributed by atoms with Gasteiger partial charge in [0.25, 0.3) is 5.91 Å². The molecule has 0 unspecified atom stereocenters. The molecule has 1 N–H and O–H groups in total. The molecule has 4 rings (SSSR count). The number of benzene rings is 1. The lowest BCUT2D eigenvalue weighted by atomic mass is 9.86. The van der Waals surface area contributed by atoms with Gasteiger partial charge in [-0.3, -0.25) is 15.1 Å². The van der Waals surface area contributed by atoms with Crippen LogP contribution in [-0.4, -0.2) is 21.1 Å². The third kappa shape index (κ3) is 2.70. The summed E-state index contributed by atoms with van der Waals surface area (Å²) in [5.41, 5.74) is 2.26. The number of carbonyl (C=O) groups excluding carboxylic acids is 1. The zero-order valence-corrected chi connectivity index (χ0v) is 13.6. The fourth-order valence-electron chi connectivity index (χ4n) is 2.77. The first-order valence-electron chi connectivity index (χ1n) is 7.72. The van der Waals surface area contributed by atoms with Crippen LogP contribution in [0.4, 0.5) is 5.13 Å². The number of anilines is 1. The fourth-order valence-corrected chi connectivity index (χ4v) is 3.67. The summed E-state index contributed by atoms with van der Waals surface area (Å²) < 4.78 is 0. The number of aromatic nitrogens is 3. The Balaban J connectivity index is 1.63. The van der Waals surface area contributed by atoms with Gasteiger partial charge in [0.2, 0.25) is 5.13 Å². The Bertz CT molecular complexity index is 885. The van der Waals surface area contributed by atoms with Gasteiger partial charge in [0, 0.05) is 17.0 Å². The Hall–Kier alpha value is -2.34. The Kier molecular flexibility index (Phi) is 3.53. The van der Waals surface area contributed by atoms with E-state index in [2.05, 4.69) is 20.5 Å². The van der Waals surface area contributed by atoms with Crippen LogP contribution in [0.25, 0.3) is 10.9 Å². The molecule has 3 aromatic rings. The molecule has 1 aromatic carbocycles. The number of amides is 1. The highest BCUT2D eigenvalue weighted by Gasteiger charge is 2.24. The van der Waals surface area contributed by atoms with E-state index in [1.54, 1.807) is 0 Å². The van der Waals surface area contributed by atoms with E-state index in [1.165, 1.54) is 30.6 Å². The molecule has 116 valence electrons. The van der Waals surface area contributed by atoms with Crippen LogP contribution in [0.1, 0.15) is 46.2 Å². The molecule has 0 bridgehead atoms. The van der Waals surface area contributed by atoms with Crippen LogP contribution >= 0.6 is 11.3 Å². The van der Waals surface area contributed by atoms with Gasteiger partial charge in [-0.2, -0.15) is 0 Å². The zero-order chi connectivity index (χ0) is 15.8. The van der Waals surface area contributed by atoms with Crippen molar-refractivity contribution < 1.29 is 4.79 Å². The molecule has 0 aliphatic heterocycles. The number of nitrogens with zero attached hydrogens (tertiary/aromatic N) is 3. The summed E-state index contributed by atoms with van der Waals surface area (Å²) in [5.74, 6) is 0.366. The number of carbonyl (C=O) groups is 1. The predicted molar refractivity (Wildman–Crippen MR) is 90.9 cm³/mol. The van der Waals surface area contributed by atoms with Gasteiger partial charge in [-0.1, -0.05) is 36.0 Å². The van der Waals surface area contributed by atoms with E-state index in [4.69, 9.17) is 0 Å². The first-order chi connectivity index (χ1) is 11.2. The Morgan fingerprint density at radius 1 is 1.26 bits per heavy atom. The number of pyridine rings is 1. The predicted octanol–water partition coefficient (Wildman–Crippen LogP) is 3.91. The zero-order valence-electron chi connectivity index (χ0n) is 12.7. The molecule has 0 spiro atoms. The van der Waals surface area contributed by atoms with Crippen LogP contribution in [-0.2, 0) is 0 Å². The van der Waals surface area contributed by atoms with E-state index in [9.17, 15) is 4.79 Å². The maximum absolute atomic E-state index is 12.6. The normalized spacial score (nSPS) is 14.7. The molecular weight excluding hydrogens is 308 g/mol. The minimum atomic E-state index is -0.164. The average molecular weight is 324 g/mol. The number of para-hydroxylation sites is 1. The lowest BCUT2D eigenvalue weighted by Crippen LogP contribution is -2.13. The topological polar surface area (TPSA) is 67.8 Å². The summed E-state index contributed by atoms with van der Waals surface area (Å²) >= 11 is 1.48. The monoisotopic (exact) mass is 324 g/mol. The van der Waals surface area contributed by atoms with Gasteiger partial charge in [0.1, 0.15) is 5.01 Å². The molecule has 2 heterocycles. The summed E-state index contributed by atoms with van der Waals surface area (Å²) in [5, 5.41) is 13.6. The molecule has 1 amide bonds. The first-order valence-corrected chi connectivity index (χ1v) is 8.53. The number of nitrogens with one attached hydrogen (secondary N) is 1. The molecule has 1 fully saturated rings. The van der Waals surface area contributed by atoms with Crippen molar-refractivity contribution in [3.05, 3.63) is 46.6 Å². The SMILES string of the molecule is Cc1cc(C(=O)Nc2nnc(C3CCC3)s2)c2ccccc2n1. The van der Waals surface area contributed by atoms with Gasteiger partial charge in [0.15, 0.2) is 0 Å². The van der Waals surface area contributed by atoms with Gasteiger partial charge in [0.05, 0.1) is 11.1 Å². The van der Waals surface area contributed by atoms with Crippen molar-refractivity contribution >= 4 is 33.3 Å². The smallest absolute Gasteiger partial charge is 0.258 e. The minimum absolute atomic E-state index is 0.164. The van der Waals surface area contributed by atoms with Crippen LogP contribution in [0, 0.1) is 6.92 Å². The second-order valence-electron chi connectivity index (χ2n) is 5.86. The second-order valence-corrected chi connectivity index (χ2v) is 6.86. The van der Waals surface area contributed by atoms with Crippen molar-refractivity contribution in [2.45, 2.75) is 32.1 Å². The highest BCUT2D eigenvalue weighted by molar-refractivity contribution is 7.15. The van der Waals surface area contributed by atoms with E-state index in [1.807, 2.05) is 37.3 Å². The lowest BCUT2D eigenvalue weighted by molar-refractivity contribution is 0.102. The van der Waals surface area contributed by atoms with Crippen LogP contribution < -0.4 is 5.32 Å². The van der Waals surface area contributed by atoms with E-state index < -0.39 is 0 Å². The van der Waals surface area contributed by atoms with Crippen molar-refractivity contribution in [1.82, 2.24) is 15.2 Å². The maximum Gasteiger partial charge on any atom is 0.258 e. The Morgan fingerprint density at radius 2 is 2.09 bits per heavy atom. The van der Waals surface area contributed by atoms with Crippen molar-refractivity contribution in [3.63, 3.8) is 0 Å². The van der Waals surface area contributed by atoms with E-state index in [0.29, 0.717) is 16.6 Å². The molecule has 2 aromatic heterocycles. The van der Waals surface area contributed by atoms with E-state index >= 15 is 0 Å². The van der Waals surface area contributed by atoms with Crippen molar-refractivity contribution in [2.24, 2.45) is 0 Å². The number of rotatable bonds is 3. The molecule has 0 atom stereocenters. The summed E-state index contributed by atoms with van der Waals surface area (Å²) in [6, 6.07) is 9.47. The van der Waals surface area contributed by atoms with Gasteiger partial charge < -0.3 is 0 Å². The molecule has 1 saturated carbocycles. The van der Waals surface area contributed by atoms with Crippen LogP contribution in [0.15, 0.2) is 30.3 Å². The second kappa shape index (κ2) is 5.70. The Morgan fingerprint density at radius 3 is 2.87 bits per heavy atom. The van der Waals surface area contributed by atoms with Crippen LogP contribution in [0.2, 0.25) is 0 Å². The quantitative estimate of drug-likeness (QED) is 0.793. The van der Waals surface area contributed by atoms with Gasteiger partial charge in [-0.15, -0.1) is 10.2 Å². The number of aryl methyl sites for hydroxylation is 1. The van der Waals surface area contributed by atoms with E-state index in [-0.39, 0.29) is 5.91 Å². The summed E-state index contributed by atoms with van der Waals surface area (Å²) in [7, 11) is 0.